The summed E-state index contributed by atoms with van der Waals surface area (Å²) in [5.41, 5.74) is 17.0. The van der Waals surface area contributed by atoms with Crippen LogP contribution < -0.4 is 33.2 Å². The normalized spacial score (nSPS) is 41.2. The number of ether oxygens (including phenoxy) is 3. The third kappa shape index (κ3) is 8.11. The molecule has 1 saturated carbocycles. The first-order chi connectivity index (χ1) is 19.3. The first kappa shape index (κ1) is 34.0. The van der Waals surface area contributed by atoms with Crippen molar-refractivity contribution >= 4 is 5.91 Å². The maximum absolute atomic E-state index is 12.6. The molecule has 1 saturated heterocycles. The zero-order valence-corrected chi connectivity index (χ0v) is 23.5. The highest BCUT2D eigenvalue weighted by molar-refractivity contribution is 5.81. The van der Waals surface area contributed by atoms with Crippen LogP contribution in [0.15, 0.2) is 11.8 Å². The summed E-state index contributed by atoms with van der Waals surface area (Å²) < 4.78 is 17.9. The maximum Gasteiger partial charge on any atom is 0.250 e. The molecule has 16 nitrogen and oxygen atoms in total. The summed E-state index contributed by atoms with van der Waals surface area (Å²) in [6.07, 6.45) is -6.08. The Hall–Kier alpha value is -1.51. The Bertz CT molecular complexity index is 884. The van der Waals surface area contributed by atoms with E-state index >= 15 is 0 Å². The number of aliphatic hydroxyl groups is 6. The molecule has 0 aromatic rings. The molecule has 2 aliphatic heterocycles. The minimum atomic E-state index is -1.50. The molecule has 2 unspecified atom stereocenters. The van der Waals surface area contributed by atoms with Crippen molar-refractivity contribution < 1.29 is 49.6 Å². The van der Waals surface area contributed by atoms with Gasteiger partial charge in [-0.05, 0) is 32.9 Å². The van der Waals surface area contributed by atoms with Crippen molar-refractivity contribution in [3.8, 4) is 0 Å². The fraction of sp³-hybridized carbons (Fsp3) is 0.880. The lowest BCUT2D eigenvalue weighted by atomic mass is 9.72. The molecule has 16 heteroatoms. The molecule has 3 aliphatic rings. The lowest BCUT2D eigenvalue weighted by molar-refractivity contribution is -0.297. The van der Waals surface area contributed by atoms with Crippen molar-refractivity contribution in [2.45, 2.75) is 92.4 Å². The molecule has 0 bridgehead atoms. The molecular weight excluding hydrogens is 544 g/mol. The van der Waals surface area contributed by atoms with E-state index in [0.717, 1.165) is 0 Å². The van der Waals surface area contributed by atoms with E-state index in [1.165, 1.54) is 6.92 Å². The summed E-state index contributed by atoms with van der Waals surface area (Å²) in [6.45, 7) is 0.973. The van der Waals surface area contributed by atoms with Gasteiger partial charge in [0.05, 0.1) is 44.1 Å². The van der Waals surface area contributed by atoms with Gasteiger partial charge in [0.1, 0.15) is 35.8 Å². The third-order valence-electron chi connectivity index (χ3n) is 8.03. The predicted octanol–water partition coefficient (Wildman–Crippen LogP) is -6.12. The predicted molar refractivity (Wildman–Crippen MR) is 145 cm³/mol. The second kappa shape index (κ2) is 14.8. The Morgan fingerprint density at radius 1 is 1.24 bits per heavy atom. The summed E-state index contributed by atoms with van der Waals surface area (Å²) in [6, 6.07) is -3.01. The Morgan fingerprint density at radius 3 is 2.59 bits per heavy atom. The van der Waals surface area contributed by atoms with E-state index in [9.17, 15) is 30.3 Å². The van der Waals surface area contributed by atoms with Crippen LogP contribution in [0.5, 0.6) is 0 Å². The zero-order chi connectivity index (χ0) is 30.5. The molecule has 0 spiro atoms. The first-order valence-electron chi connectivity index (χ1n) is 13.9. The van der Waals surface area contributed by atoms with Crippen LogP contribution in [0.3, 0.4) is 0 Å². The summed E-state index contributed by atoms with van der Waals surface area (Å²) in [4.78, 5) is 12.6. The van der Waals surface area contributed by atoms with Crippen molar-refractivity contribution in [1.82, 2.24) is 16.0 Å². The molecule has 0 aromatic heterocycles. The van der Waals surface area contributed by atoms with Gasteiger partial charge in [-0.2, -0.15) is 0 Å². The third-order valence-corrected chi connectivity index (χ3v) is 8.03. The van der Waals surface area contributed by atoms with Crippen LogP contribution in [0.1, 0.15) is 19.8 Å². The Kier molecular flexibility index (Phi) is 12.3. The number of amides is 1. The quantitative estimate of drug-likeness (QED) is 0.100. The Morgan fingerprint density at radius 2 is 1.95 bits per heavy atom. The van der Waals surface area contributed by atoms with Gasteiger partial charge >= 0.3 is 0 Å². The van der Waals surface area contributed by atoms with E-state index in [-0.39, 0.29) is 32.7 Å². The lowest BCUT2D eigenvalue weighted by Crippen LogP contribution is -2.69. The smallest absolute Gasteiger partial charge is 0.250 e. The summed E-state index contributed by atoms with van der Waals surface area (Å²) in [5.74, 6) is -1.04. The number of likely N-dealkylation sites (N-methyl/N-ethyl adjacent to an activating group) is 1. The summed E-state index contributed by atoms with van der Waals surface area (Å²) in [5, 5.41) is 70.3. The lowest BCUT2D eigenvalue weighted by Gasteiger charge is -2.50. The standard InChI is InChI=1S/C25H48N6O10/c1-25(38)10-39-24(19(36)22(25)29-2)41-21-15(31-23(37)16(34)6-26)5-14(28)17(18(21)35)20-13(27)4-3-12(40-20)8-30-7-11(33)9-32/h3,11,13-22,24,29-30,32-36,38H,4-10,26-28H2,1-2H3,(H,31,37)/t11?,13-,14+,15-,16+,17?,18+,19-,20+,21+,22-,24-,25+/m1/s1. The summed E-state index contributed by atoms with van der Waals surface area (Å²) in [7, 11) is 1.57. The number of hydrogen-bond donors (Lipinski definition) is 12. The van der Waals surface area contributed by atoms with Gasteiger partial charge in [-0.1, -0.05) is 0 Å². The average molecular weight is 593 g/mol. The van der Waals surface area contributed by atoms with Crippen molar-refractivity contribution in [3.63, 3.8) is 0 Å². The van der Waals surface area contributed by atoms with E-state index in [1.54, 1.807) is 13.1 Å². The average Bonchev–Trinajstić information content (AvgIpc) is 2.92. The molecule has 15 N–H and O–H groups in total. The van der Waals surface area contributed by atoms with Crippen LogP contribution in [0.4, 0.5) is 0 Å². The van der Waals surface area contributed by atoms with Crippen LogP contribution in [0.2, 0.25) is 0 Å². The highest BCUT2D eigenvalue weighted by atomic mass is 16.7. The molecule has 1 aliphatic carbocycles. The van der Waals surface area contributed by atoms with Gasteiger partial charge < -0.3 is 78.0 Å². The Labute approximate surface area is 239 Å². The van der Waals surface area contributed by atoms with Gasteiger partial charge in [-0.25, -0.2) is 0 Å². The highest BCUT2D eigenvalue weighted by Gasteiger charge is 2.53. The molecule has 0 radical (unpaired) electrons. The summed E-state index contributed by atoms with van der Waals surface area (Å²) >= 11 is 0. The molecular formula is C25H48N6O10. The Balaban J connectivity index is 1.82. The van der Waals surface area contributed by atoms with Gasteiger partial charge in [-0.15, -0.1) is 0 Å². The second-order valence-electron chi connectivity index (χ2n) is 11.3. The second-order valence-corrected chi connectivity index (χ2v) is 11.3. The highest BCUT2D eigenvalue weighted by Crippen LogP contribution is 2.36. The number of hydrogen-bond acceptors (Lipinski definition) is 15. The van der Waals surface area contributed by atoms with Gasteiger partial charge in [0.2, 0.25) is 5.91 Å². The molecule has 3 rings (SSSR count). The van der Waals surface area contributed by atoms with Crippen LogP contribution in [0.25, 0.3) is 0 Å². The largest absolute Gasteiger partial charge is 0.492 e. The molecule has 13 atom stereocenters. The molecule has 1 amide bonds. The van der Waals surface area contributed by atoms with E-state index in [2.05, 4.69) is 16.0 Å². The molecule has 238 valence electrons. The van der Waals surface area contributed by atoms with Crippen molar-refractivity contribution in [2.24, 2.45) is 23.1 Å². The van der Waals surface area contributed by atoms with Crippen LogP contribution >= 0.6 is 0 Å². The number of rotatable bonds is 12. The van der Waals surface area contributed by atoms with Crippen molar-refractivity contribution in [2.75, 3.05) is 39.9 Å². The van der Waals surface area contributed by atoms with E-state index in [0.29, 0.717) is 12.2 Å². The minimum absolute atomic E-state index is 0.0952. The fourth-order valence-electron chi connectivity index (χ4n) is 5.77. The van der Waals surface area contributed by atoms with Crippen molar-refractivity contribution in [3.05, 3.63) is 11.8 Å². The van der Waals surface area contributed by atoms with E-state index in [4.69, 9.17) is 36.5 Å². The van der Waals surface area contributed by atoms with E-state index in [1.807, 2.05) is 0 Å². The zero-order valence-electron chi connectivity index (χ0n) is 23.5. The van der Waals surface area contributed by atoms with Crippen LogP contribution in [-0.2, 0) is 19.0 Å². The monoisotopic (exact) mass is 592 g/mol. The van der Waals surface area contributed by atoms with Gasteiger partial charge in [0.25, 0.3) is 0 Å². The number of nitrogens with two attached hydrogens (primary N) is 3. The number of aliphatic hydroxyl groups excluding tert-OH is 5. The topological polar surface area (TPSA) is 280 Å². The number of carbonyl (C=O) groups is 1. The number of carbonyl (C=O) groups excluding carboxylic acids is 1. The first-order valence-corrected chi connectivity index (χ1v) is 13.9. The number of nitrogens with one attached hydrogen (secondary N) is 3. The molecule has 0 aromatic carbocycles. The molecule has 2 fully saturated rings. The fourth-order valence-corrected chi connectivity index (χ4v) is 5.77. The molecule has 2 heterocycles. The van der Waals surface area contributed by atoms with Gasteiger partial charge in [0, 0.05) is 31.1 Å². The minimum Gasteiger partial charge on any atom is -0.492 e. The maximum atomic E-state index is 12.6. The van der Waals surface area contributed by atoms with Gasteiger partial charge in [0.15, 0.2) is 6.29 Å². The van der Waals surface area contributed by atoms with Crippen LogP contribution in [0, 0.1) is 5.92 Å². The van der Waals surface area contributed by atoms with Crippen LogP contribution in [-0.4, -0.2) is 149 Å². The van der Waals surface area contributed by atoms with Crippen molar-refractivity contribution in [1.29, 1.82) is 0 Å². The molecule has 41 heavy (non-hydrogen) atoms. The van der Waals surface area contributed by atoms with E-state index < -0.39 is 91.1 Å². The van der Waals surface area contributed by atoms with Gasteiger partial charge in [-0.3, -0.25) is 4.79 Å². The SMILES string of the molecule is CN[C@@H]1[C@@H](O)[C@@H](O[C@H]2[C@H](NC(=O)[C@@H](O)CN)C[C@H](N)C([C@H]3OC(CNCC(O)CO)=CC[C@H]3N)[C@@H]2O)OC[C@]1(C)O.